The molecule has 1 heterocycles. The molecule has 1 amide bonds. The number of carbonyl (C=O) groups is 1. The van der Waals surface area contributed by atoms with Crippen LogP contribution in [0.3, 0.4) is 0 Å². The molecule has 0 aliphatic carbocycles. The van der Waals surface area contributed by atoms with E-state index in [1.54, 1.807) is 0 Å². The molecule has 0 unspecified atom stereocenters. The van der Waals surface area contributed by atoms with Gasteiger partial charge in [-0.2, -0.15) is 5.26 Å². The van der Waals surface area contributed by atoms with Gasteiger partial charge in [0.05, 0.1) is 18.0 Å². The molecule has 1 aromatic heterocycles. The molecule has 2 rings (SSSR count). The number of benzene rings is 1. The summed E-state index contributed by atoms with van der Waals surface area (Å²) in [7, 11) is 1.90. The average Bonchev–Trinajstić information content (AvgIpc) is 2.84. The first kappa shape index (κ1) is 14.1. The standard InChI is InChI=1S/C15H18N4O/c1-17-10-13-5-2-4-12-6-9-19(15(12)13)11-14(20)18-8-3-7-16/h2,4-6,9,17H,3,8,10-11H2,1H3,(H,18,20). The third-order valence-electron chi connectivity index (χ3n) is 3.11. The largest absolute Gasteiger partial charge is 0.354 e. The molecule has 0 atom stereocenters. The number of hydrogen-bond donors (Lipinski definition) is 2. The molecule has 0 saturated carbocycles. The van der Waals surface area contributed by atoms with Crippen LogP contribution in [0.4, 0.5) is 0 Å². The van der Waals surface area contributed by atoms with Gasteiger partial charge in [-0.1, -0.05) is 18.2 Å². The van der Waals surface area contributed by atoms with Gasteiger partial charge in [-0.25, -0.2) is 0 Å². The smallest absolute Gasteiger partial charge is 0.239 e. The zero-order chi connectivity index (χ0) is 14.4. The minimum Gasteiger partial charge on any atom is -0.354 e. The summed E-state index contributed by atoms with van der Waals surface area (Å²) in [5, 5.41) is 15.5. The molecular formula is C15H18N4O. The van der Waals surface area contributed by atoms with Crippen LogP contribution in [0.2, 0.25) is 0 Å². The number of amides is 1. The van der Waals surface area contributed by atoms with E-state index in [0.29, 0.717) is 13.0 Å². The van der Waals surface area contributed by atoms with Gasteiger partial charge in [-0.3, -0.25) is 4.79 Å². The van der Waals surface area contributed by atoms with Crippen molar-refractivity contribution in [2.75, 3.05) is 13.6 Å². The summed E-state index contributed by atoms with van der Waals surface area (Å²) in [6.45, 7) is 1.44. The second kappa shape index (κ2) is 6.73. The zero-order valence-corrected chi connectivity index (χ0v) is 11.5. The lowest BCUT2D eigenvalue weighted by Gasteiger charge is -2.09. The number of nitriles is 1. The summed E-state index contributed by atoms with van der Waals surface area (Å²) >= 11 is 0. The number of rotatable bonds is 6. The highest BCUT2D eigenvalue weighted by Crippen LogP contribution is 2.20. The number of carbonyl (C=O) groups excluding carboxylic acids is 1. The Morgan fingerprint density at radius 1 is 1.40 bits per heavy atom. The van der Waals surface area contributed by atoms with Crippen LogP contribution >= 0.6 is 0 Å². The number of para-hydroxylation sites is 1. The number of nitrogens with zero attached hydrogens (tertiary/aromatic N) is 2. The summed E-state index contributed by atoms with van der Waals surface area (Å²) < 4.78 is 1.95. The Morgan fingerprint density at radius 3 is 3.00 bits per heavy atom. The Kier molecular flexibility index (Phi) is 4.75. The Morgan fingerprint density at radius 2 is 2.25 bits per heavy atom. The second-order valence-electron chi connectivity index (χ2n) is 4.59. The average molecular weight is 270 g/mol. The van der Waals surface area contributed by atoms with E-state index in [1.807, 2.05) is 42.1 Å². The maximum absolute atomic E-state index is 11.8. The molecule has 2 N–H and O–H groups in total. The Bertz CT molecular complexity index is 639. The van der Waals surface area contributed by atoms with Crippen LogP contribution in [0.25, 0.3) is 10.9 Å². The topological polar surface area (TPSA) is 69.8 Å². The first-order chi connectivity index (χ1) is 9.76. The fourth-order valence-corrected chi connectivity index (χ4v) is 2.27. The van der Waals surface area contributed by atoms with Crippen molar-refractivity contribution in [2.24, 2.45) is 0 Å². The van der Waals surface area contributed by atoms with E-state index in [-0.39, 0.29) is 12.5 Å². The molecule has 5 heteroatoms. The molecule has 0 aliphatic heterocycles. The van der Waals surface area contributed by atoms with E-state index in [4.69, 9.17) is 5.26 Å². The molecule has 2 aromatic rings. The van der Waals surface area contributed by atoms with Gasteiger partial charge in [0.25, 0.3) is 0 Å². The Hall–Kier alpha value is -2.32. The maximum Gasteiger partial charge on any atom is 0.239 e. The van der Waals surface area contributed by atoms with Gasteiger partial charge in [0.15, 0.2) is 0 Å². The summed E-state index contributed by atoms with van der Waals surface area (Å²) in [5.41, 5.74) is 2.25. The van der Waals surface area contributed by atoms with Crippen LogP contribution in [-0.2, 0) is 17.9 Å². The van der Waals surface area contributed by atoms with Gasteiger partial charge in [0.2, 0.25) is 5.91 Å². The van der Waals surface area contributed by atoms with Gasteiger partial charge in [-0.05, 0) is 24.1 Å². The predicted molar refractivity (Wildman–Crippen MR) is 77.9 cm³/mol. The highest BCUT2D eigenvalue weighted by Gasteiger charge is 2.09. The number of fused-ring (bicyclic) bond motifs is 1. The summed E-state index contributed by atoms with van der Waals surface area (Å²) in [4.78, 5) is 11.8. The summed E-state index contributed by atoms with van der Waals surface area (Å²) in [6, 6.07) is 10.1. The second-order valence-corrected chi connectivity index (χ2v) is 4.59. The van der Waals surface area contributed by atoms with Crippen molar-refractivity contribution >= 4 is 16.8 Å². The third-order valence-corrected chi connectivity index (χ3v) is 3.11. The van der Waals surface area contributed by atoms with Crippen molar-refractivity contribution in [2.45, 2.75) is 19.5 Å². The van der Waals surface area contributed by atoms with Crippen LogP contribution in [0.15, 0.2) is 30.5 Å². The number of hydrogen-bond acceptors (Lipinski definition) is 3. The first-order valence-electron chi connectivity index (χ1n) is 6.61. The lowest BCUT2D eigenvalue weighted by molar-refractivity contribution is -0.121. The molecule has 0 bridgehead atoms. The van der Waals surface area contributed by atoms with E-state index >= 15 is 0 Å². The minimum atomic E-state index is -0.0722. The van der Waals surface area contributed by atoms with E-state index in [9.17, 15) is 4.79 Å². The Balaban J connectivity index is 2.18. The molecule has 0 radical (unpaired) electrons. The lowest BCUT2D eigenvalue weighted by atomic mass is 10.1. The predicted octanol–water partition coefficient (Wildman–Crippen LogP) is 1.39. The monoisotopic (exact) mass is 270 g/mol. The van der Waals surface area contributed by atoms with Gasteiger partial charge >= 0.3 is 0 Å². The molecule has 0 aliphatic rings. The number of aromatic nitrogens is 1. The van der Waals surface area contributed by atoms with Crippen molar-refractivity contribution in [3.05, 3.63) is 36.0 Å². The van der Waals surface area contributed by atoms with Gasteiger partial charge in [0.1, 0.15) is 6.54 Å². The van der Waals surface area contributed by atoms with Crippen molar-refractivity contribution in [3.8, 4) is 6.07 Å². The van der Waals surface area contributed by atoms with Gasteiger partial charge in [-0.15, -0.1) is 0 Å². The summed E-state index contributed by atoms with van der Waals surface area (Å²) in [6.07, 6.45) is 2.26. The fraction of sp³-hybridized carbons (Fsp3) is 0.333. The van der Waals surface area contributed by atoms with Crippen LogP contribution in [-0.4, -0.2) is 24.1 Å². The van der Waals surface area contributed by atoms with Crippen molar-refractivity contribution in [1.29, 1.82) is 5.26 Å². The highest BCUT2D eigenvalue weighted by atomic mass is 16.1. The molecule has 1 aromatic carbocycles. The zero-order valence-electron chi connectivity index (χ0n) is 11.5. The maximum atomic E-state index is 11.8. The van der Waals surface area contributed by atoms with E-state index in [2.05, 4.69) is 16.7 Å². The quantitative estimate of drug-likeness (QED) is 0.779. The van der Waals surface area contributed by atoms with Gasteiger partial charge in [0, 0.05) is 19.3 Å². The summed E-state index contributed by atoms with van der Waals surface area (Å²) in [5.74, 6) is -0.0722. The molecule has 0 fully saturated rings. The van der Waals surface area contributed by atoms with E-state index in [0.717, 1.165) is 17.4 Å². The SMILES string of the molecule is CNCc1cccc2ccn(CC(=O)NCCC#N)c12. The van der Waals surface area contributed by atoms with Crippen molar-refractivity contribution in [3.63, 3.8) is 0 Å². The molecule has 20 heavy (non-hydrogen) atoms. The third kappa shape index (κ3) is 3.16. The number of nitrogens with one attached hydrogen (secondary N) is 2. The Labute approximate surface area is 118 Å². The first-order valence-corrected chi connectivity index (χ1v) is 6.61. The molecule has 0 saturated heterocycles. The van der Waals surface area contributed by atoms with E-state index in [1.165, 1.54) is 5.56 Å². The molecule has 0 spiro atoms. The minimum absolute atomic E-state index is 0.0722. The highest BCUT2D eigenvalue weighted by molar-refractivity contribution is 5.85. The van der Waals surface area contributed by atoms with Crippen LogP contribution in [0.1, 0.15) is 12.0 Å². The van der Waals surface area contributed by atoms with E-state index < -0.39 is 0 Å². The van der Waals surface area contributed by atoms with Crippen molar-refractivity contribution in [1.82, 2.24) is 15.2 Å². The normalized spacial score (nSPS) is 10.4. The van der Waals surface area contributed by atoms with Crippen molar-refractivity contribution < 1.29 is 4.79 Å². The van der Waals surface area contributed by atoms with Crippen LogP contribution in [0, 0.1) is 11.3 Å². The molecule has 5 nitrogen and oxygen atoms in total. The molecule has 104 valence electrons. The molecular weight excluding hydrogens is 252 g/mol. The lowest BCUT2D eigenvalue weighted by Crippen LogP contribution is -2.28. The van der Waals surface area contributed by atoms with Gasteiger partial charge < -0.3 is 15.2 Å². The van der Waals surface area contributed by atoms with Crippen LogP contribution < -0.4 is 10.6 Å². The van der Waals surface area contributed by atoms with Crippen LogP contribution in [0.5, 0.6) is 0 Å². The fourth-order valence-electron chi connectivity index (χ4n) is 2.27.